The first-order chi connectivity index (χ1) is 31.2. The number of hydrogen-bond acceptors (Lipinski definition) is 4. The Morgan fingerprint density at radius 1 is 0.746 bits per heavy atom. The summed E-state index contributed by atoms with van der Waals surface area (Å²) in [7, 11) is 0. The van der Waals surface area contributed by atoms with Crippen molar-refractivity contribution in [2.75, 3.05) is 4.90 Å². The van der Waals surface area contributed by atoms with Gasteiger partial charge in [-0.05, 0) is 89.8 Å². The lowest BCUT2D eigenvalue weighted by atomic mass is 9.95. The molecule has 4 nitrogen and oxygen atoms in total. The third-order valence-electron chi connectivity index (χ3n) is 13.0. The molecule has 1 aliphatic heterocycles. The molecule has 3 aromatic heterocycles. The van der Waals surface area contributed by atoms with Crippen molar-refractivity contribution < 1.29 is 4.42 Å². The first-order valence-electron chi connectivity index (χ1n) is 21.8. The van der Waals surface area contributed by atoms with Crippen LogP contribution in [0.2, 0.25) is 0 Å². The Morgan fingerprint density at radius 2 is 1.63 bits per heavy atom. The van der Waals surface area contributed by atoms with Crippen molar-refractivity contribution in [1.82, 2.24) is 4.57 Å². The highest BCUT2D eigenvalue weighted by molar-refractivity contribution is 7.26. The average molecular weight is 830 g/mol. The second kappa shape index (κ2) is 15.2. The summed E-state index contributed by atoms with van der Waals surface area (Å²) in [6, 6.07) is 53.0. The number of benzene rings is 7. The fraction of sp³-hybridized carbons (Fsp3) is 0.0862. The van der Waals surface area contributed by atoms with Gasteiger partial charge in [-0.1, -0.05) is 127 Å². The van der Waals surface area contributed by atoms with Crippen LogP contribution in [-0.2, 0) is 13.0 Å². The van der Waals surface area contributed by atoms with E-state index in [4.69, 9.17) is 9.41 Å². The molecule has 2 aliphatic rings. The molecule has 12 rings (SSSR count). The minimum absolute atomic E-state index is 0.168. The van der Waals surface area contributed by atoms with E-state index in [9.17, 15) is 0 Å². The van der Waals surface area contributed by atoms with Crippen LogP contribution in [0.1, 0.15) is 40.8 Å². The largest absolute Gasteiger partial charge is 0.456 e. The Morgan fingerprint density at radius 3 is 2.57 bits per heavy atom. The summed E-state index contributed by atoms with van der Waals surface area (Å²) in [5.41, 5.74) is 15.1. The van der Waals surface area contributed by atoms with Crippen LogP contribution in [0.3, 0.4) is 0 Å². The van der Waals surface area contributed by atoms with Crippen molar-refractivity contribution >= 4 is 88.0 Å². The molecule has 2 unspecified atom stereocenters. The van der Waals surface area contributed by atoms with Gasteiger partial charge in [-0.25, -0.2) is 0 Å². The van der Waals surface area contributed by atoms with E-state index in [1.807, 2.05) is 17.6 Å². The minimum Gasteiger partial charge on any atom is -0.456 e. The fourth-order valence-electron chi connectivity index (χ4n) is 10.3. The summed E-state index contributed by atoms with van der Waals surface area (Å²) in [5, 5.41) is 6.03. The molecule has 5 heteroatoms. The van der Waals surface area contributed by atoms with E-state index >= 15 is 0 Å². The van der Waals surface area contributed by atoms with Crippen molar-refractivity contribution in [2.45, 2.75) is 31.8 Å². The van der Waals surface area contributed by atoms with Crippen LogP contribution in [0.15, 0.2) is 198 Å². The van der Waals surface area contributed by atoms with Crippen LogP contribution in [0.4, 0.5) is 11.4 Å². The molecule has 302 valence electrons. The van der Waals surface area contributed by atoms with Crippen molar-refractivity contribution in [3.05, 3.63) is 217 Å². The van der Waals surface area contributed by atoms with Gasteiger partial charge in [-0.3, -0.25) is 4.99 Å². The highest BCUT2D eigenvalue weighted by Crippen LogP contribution is 2.47. The highest BCUT2D eigenvalue weighted by atomic mass is 32.1. The molecule has 7 aromatic carbocycles. The van der Waals surface area contributed by atoms with E-state index in [2.05, 4.69) is 211 Å². The lowest BCUT2D eigenvalue weighted by molar-refractivity contribution is 0.669. The monoisotopic (exact) mass is 829 g/mol. The van der Waals surface area contributed by atoms with Crippen molar-refractivity contribution in [3.8, 4) is 16.8 Å². The summed E-state index contributed by atoms with van der Waals surface area (Å²) in [5.74, 6) is 0.221. The Hall–Kier alpha value is -7.47. The number of thiophene rings is 1. The molecule has 10 aromatic rings. The Labute approximate surface area is 370 Å². The number of aromatic nitrogens is 1. The van der Waals surface area contributed by atoms with Gasteiger partial charge in [0.25, 0.3) is 0 Å². The third-order valence-corrected chi connectivity index (χ3v) is 14.1. The van der Waals surface area contributed by atoms with Crippen LogP contribution in [0.5, 0.6) is 0 Å². The highest BCUT2D eigenvalue weighted by Gasteiger charge is 2.35. The quantitative estimate of drug-likeness (QED) is 0.113. The van der Waals surface area contributed by atoms with Gasteiger partial charge in [0.2, 0.25) is 0 Å². The number of hydrogen-bond donors (Lipinski definition) is 0. The number of anilines is 2. The van der Waals surface area contributed by atoms with Gasteiger partial charge in [0.05, 0.1) is 18.1 Å². The Balaban J connectivity index is 0.890. The maximum Gasteiger partial charge on any atom is 0.136 e. The topological polar surface area (TPSA) is 33.7 Å². The molecule has 0 bridgehead atoms. The summed E-state index contributed by atoms with van der Waals surface area (Å²) < 4.78 is 11.5. The average Bonchev–Trinajstić information content (AvgIpc) is 4.01. The van der Waals surface area contributed by atoms with Gasteiger partial charge in [0, 0.05) is 88.8 Å². The maximum absolute atomic E-state index is 6.48. The smallest absolute Gasteiger partial charge is 0.136 e. The number of furan rings is 1. The molecule has 0 amide bonds. The van der Waals surface area contributed by atoms with E-state index in [0.717, 1.165) is 45.2 Å². The van der Waals surface area contributed by atoms with Crippen LogP contribution in [0, 0.1) is 0 Å². The van der Waals surface area contributed by atoms with Gasteiger partial charge in [-0.2, -0.15) is 0 Å². The van der Waals surface area contributed by atoms with Crippen molar-refractivity contribution in [1.29, 1.82) is 0 Å². The summed E-state index contributed by atoms with van der Waals surface area (Å²) in [6.45, 7) is 6.86. The molecule has 4 heterocycles. The van der Waals surface area contributed by atoms with E-state index in [0.29, 0.717) is 6.54 Å². The molecule has 0 N–H and O–H groups in total. The molecule has 0 radical (unpaired) electrons. The van der Waals surface area contributed by atoms with Crippen LogP contribution < -0.4 is 4.90 Å². The number of allylic oxidation sites excluding steroid dienone is 4. The zero-order valence-electron chi connectivity index (χ0n) is 34.9. The van der Waals surface area contributed by atoms with Gasteiger partial charge in [0.15, 0.2) is 0 Å². The number of nitrogens with zero attached hydrogens (tertiary/aromatic N) is 3. The standard InChI is InChI=1S/C58H43N3OS/c1-3-15-49-42(4-2)44-20-8-10-24-50(44)60(49)40-18-12-16-37(32-40)35-59-36-39-17-13-26-54-57(39)48-33-38(28-31-53(48)62-54)43-22-14-27-55-58(43)47-30-29-41(34-56(47)63-55)61-51-23-7-5-6-19-45(51)46-21-9-11-25-52(46)61/h3-22,24-34,36,42,49H,2,23,35H2,1H3/b15-3-,59-36?. The number of rotatable bonds is 8. The second-order valence-corrected chi connectivity index (χ2v) is 17.6. The normalized spacial score (nSPS) is 16.1. The first-order valence-corrected chi connectivity index (χ1v) is 22.6. The molecule has 0 saturated heterocycles. The zero-order valence-corrected chi connectivity index (χ0v) is 35.7. The molecule has 0 fully saturated rings. The van der Waals surface area contributed by atoms with E-state index in [1.165, 1.54) is 70.4 Å². The lowest BCUT2D eigenvalue weighted by Gasteiger charge is -2.28. The predicted molar refractivity (Wildman–Crippen MR) is 269 cm³/mol. The Kier molecular flexibility index (Phi) is 8.98. The van der Waals surface area contributed by atoms with Crippen LogP contribution >= 0.6 is 11.3 Å². The van der Waals surface area contributed by atoms with Crippen LogP contribution in [-0.4, -0.2) is 16.8 Å². The van der Waals surface area contributed by atoms with E-state index in [-0.39, 0.29) is 12.0 Å². The second-order valence-electron chi connectivity index (χ2n) is 16.5. The van der Waals surface area contributed by atoms with Gasteiger partial charge in [-0.15, -0.1) is 17.9 Å². The van der Waals surface area contributed by atoms with E-state index in [1.54, 1.807) is 0 Å². The maximum atomic E-state index is 6.48. The van der Waals surface area contributed by atoms with Gasteiger partial charge in [0.1, 0.15) is 11.2 Å². The number of fused-ring (bicyclic) bond motifs is 10. The minimum atomic E-state index is 0.168. The molecular formula is C58H43N3OS. The summed E-state index contributed by atoms with van der Waals surface area (Å²) in [6.07, 6.45) is 18.2. The van der Waals surface area contributed by atoms with Crippen molar-refractivity contribution in [2.24, 2.45) is 4.99 Å². The SMILES string of the molecule is C=CC1c2ccccc2N(c2cccc(CN=Cc3cccc4oc5ccc(-c6cccc7sc8cc(-n9c%10c(c%11ccccc%119)C=CC=CC%10)ccc8c67)cc5c34)c2)C1/C=C\C. The summed E-state index contributed by atoms with van der Waals surface area (Å²) in [4.78, 5) is 7.48. The first kappa shape index (κ1) is 37.3. The summed E-state index contributed by atoms with van der Waals surface area (Å²) >= 11 is 1.87. The van der Waals surface area contributed by atoms with Crippen molar-refractivity contribution in [3.63, 3.8) is 0 Å². The zero-order chi connectivity index (χ0) is 42.0. The number of aliphatic imine (C=N–C) groups is 1. The molecule has 0 saturated carbocycles. The molecule has 2 atom stereocenters. The lowest BCUT2D eigenvalue weighted by Crippen LogP contribution is -2.27. The molecule has 0 spiro atoms. The Bertz CT molecular complexity index is 3590. The molecule has 63 heavy (non-hydrogen) atoms. The van der Waals surface area contributed by atoms with E-state index < -0.39 is 0 Å². The van der Waals surface area contributed by atoms with Gasteiger partial charge >= 0.3 is 0 Å². The molecular weight excluding hydrogens is 787 g/mol. The fourth-order valence-corrected chi connectivity index (χ4v) is 11.4. The number of para-hydroxylation sites is 2. The predicted octanol–water partition coefficient (Wildman–Crippen LogP) is 15.7. The third kappa shape index (κ3) is 6.06. The van der Waals surface area contributed by atoms with Crippen LogP contribution in [0.25, 0.3) is 75.9 Å². The molecule has 1 aliphatic carbocycles. The van der Waals surface area contributed by atoms with Gasteiger partial charge < -0.3 is 13.9 Å².